The number of piperazine rings is 1. The number of methoxy groups -OCH3 is 1. The van der Waals surface area contributed by atoms with Gasteiger partial charge in [-0.1, -0.05) is 6.58 Å². The highest BCUT2D eigenvalue weighted by molar-refractivity contribution is 5.99. The lowest BCUT2D eigenvalue weighted by molar-refractivity contribution is -0.128. The molecule has 3 heterocycles. The van der Waals surface area contributed by atoms with Crippen LogP contribution in [0.4, 0.5) is 0 Å². The third-order valence-electron chi connectivity index (χ3n) is 4.91. The molecule has 1 atom stereocenters. The summed E-state index contributed by atoms with van der Waals surface area (Å²) in [6, 6.07) is 1.46. The SMILES string of the molecule is C=CC(=O)N1CCN(C(=O)c2cc(C(=O)OC)c3n2CCOC3)[C@@H](C)C1. The van der Waals surface area contributed by atoms with Gasteiger partial charge in [-0.2, -0.15) is 0 Å². The molecule has 2 amide bonds. The first kappa shape index (κ1) is 18.2. The van der Waals surface area contributed by atoms with Crippen molar-refractivity contribution in [2.24, 2.45) is 0 Å². The number of amides is 2. The van der Waals surface area contributed by atoms with E-state index in [1.165, 1.54) is 13.2 Å². The molecule has 0 spiro atoms. The van der Waals surface area contributed by atoms with Crippen molar-refractivity contribution in [2.45, 2.75) is 26.1 Å². The molecule has 3 rings (SSSR count). The van der Waals surface area contributed by atoms with Gasteiger partial charge in [0.15, 0.2) is 0 Å². The minimum absolute atomic E-state index is 0.130. The summed E-state index contributed by atoms with van der Waals surface area (Å²) in [4.78, 5) is 40.4. The van der Waals surface area contributed by atoms with Gasteiger partial charge in [-0.15, -0.1) is 0 Å². The summed E-state index contributed by atoms with van der Waals surface area (Å²) in [5.41, 5.74) is 1.49. The van der Waals surface area contributed by atoms with E-state index in [9.17, 15) is 14.4 Å². The number of ether oxygens (including phenoxy) is 2. The van der Waals surface area contributed by atoms with Crippen molar-refractivity contribution in [2.75, 3.05) is 33.4 Å². The Morgan fingerprint density at radius 3 is 2.73 bits per heavy atom. The van der Waals surface area contributed by atoms with Crippen molar-refractivity contribution in [1.29, 1.82) is 0 Å². The number of carbonyl (C=O) groups is 3. The van der Waals surface area contributed by atoms with Gasteiger partial charge in [-0.25, -0.2) is 4.79 Å². The normalized spacial score (nSPS) is 19.7. The van der Waals surface area contributed by atoms with Crippen molar-refractivity contribution < 1.29 is 23.9 Å². The van der Waals surface area contributed by atoms with Crippen LogP contribution in [0.2, 0.25) is 0 Å². The van der Waals surface area contributed by atoms with Crippen LogP contribution in [0.1, 0.15) is 33.5 Å². The maximum Gasteiger partial charge on any atom is 0.339 e. The van der Waals surface area contributed by atoms with Gasteiger partial charge < -0.3 is 23.8 Å². The molecule has 2 aliphatic heterocycles. The minimum Gasteiger partial charge on any atom is -0.465 e. The highest BCUT2D eigenvalue weighted by atomic mass is 16.5. The Labute approximate surface area is 151 Å². The Kier molecular flexibility index (Phi) is 5.13. The second-order valence-electron chi connectivity index (χ2n) is 6.42. The zero-order valence-corrected chi connectivity index (χ0v) is 15.1. The maximum absolute atomic E-state index is 13.1. The predicted molar refractivity (Wildman–Crippen MR) is 92.7 cm³/mol. The zero-order valence-electron chi connectivity index (χ0n) is 15.1. The van der Waals surface area contributed by atoms with Crippen LogP contribution in [-0.4, -0.2) is 71.5 Å². The van der Waals surface area contributed by atoms with Gasteiger partial charge in [0.1, 0.15) is 5.69 Å². The van der Waals surface area contributed by atoms with Gasteiger partial charge in [0.25, 0.3) is 5.91 Å². The Hall–Kier alpha value is -2.61. The van der Waals surface area contributed by atoms with Crippen LogP contribution in [0.5, 0.6) is 0 Å². The monoisotopic (exact) mass is 361 g/mol. The average Bonchev–Trinajstić information content (AvgIpc) is 3.06. The van der Waals surface area contributed by atoms with Gasteiger partial charge in [0.2, 0.25) is 5.91 Å². The lowest BCUT2D eigenvalue weighted by Crippen LogP contribution is -2.55. The quantitative estimate of drug-likeness (QED) is 0.584. The molecule has 1 aromatic rings. The predicted octanol–water partition coefficient (Wildman–Crippen LogP) is 0.664. The first-order valence-corrected chi connectivity index (χ1v) is 8.58. The summed E-state index contributed by atoms with van der Waals surface area (Å²) in [6.07, 6.45) is 1.29. The van der Waals surface area contributed by atoms with E-state index in [1.807, 2.05) is 11.5 Å². The summed E-state index contributed by atoms with van der Waals surface area (Å²) in [6.45, 7) is 8.03. The third kappa shape index (κ3) is 3.12. The molecule has 26 heavy (non-hydrogen) atoms. The number of fused-ring (bicyclic) bond motifs is 1. The van der Waals surface area contributed by atoms with E-state index in [2.05, 4.69) is 6.58 Å². The van der Waals surface area contributed by atoms with Crippen LogP contribution in [-0.2, 0) is 27.4 Å². The summed E-state index contributed by atoms with van der Waals surface area (Å²) in [5.74, 6) is -0.761. The zero-order chi connectivity index (χ0) is 18.8. The second-order valence-corrected chi connectivity index (χ2v) is 6.42. The molecule has 140 valence electrons. The summed E-state index contributed by atoms with van der Waals surface area (Å²) >= 11 is 0. The lowest BCUT2D eigenvalue weighted by atomic mass is 10.1. The molecule has 0 aromatic carbocycles. The largest absolute Gasteiger partial charge is 0.465 e. The van der Waals surface area contributed by atoms with Crippen molar-refractivity contribution in [3.63, 3.8) is 0 Å². The van der Waals surface area contributed by atoms with Crippen molar-refractivity contribution >= 4 is 17.8 Å². The van der Waals surface area contributed by atoms with E-state index in [0.717, 1.165) is 0 Å². The van der Waals surface area contributed by atoms with Gasteiger partial charge >= 0.3 is 5.97 Å². The maximum atomic E-state index is 13.1. The van der Waals surface area contributed by atoms with Crippen LogP contribution in [0.3, 0.4) is 0 Å². The molecule has 8 nitrogen and oxygen atoms in total. The molecular formula is C18H23N3O5. The standard InChI is InChI=1S/C18H23N3O5/c1-4-16(22)19-5-6-20(12(2)10-19)17(23)14-9-13(18(24)25-3)15-11-26-8-7-21(14)15/h4,9,12H,1,5-8,10-11H2,2-3H3/t12-/m0/s1. The molecule has 1 saturated heterocycles. The molecule has 1 fully saturated rings. The molecule has 0 saturated carbocycles. The fourth-order valence-corrected chi connectivity index (χ4v) is 3.52. The van der Waals surface area contributed by atoms with Gasteiger partial charge in [0, 0.05) is 32.2 Å². The number of nitrogens with zero attached hydrogens (tertiary/aromatic N) is 3. The van der Waals surface area contributed by atoms with Crippen LogP contribution >= 0.6 is 0 Å². The molecule has 8 heteroatoms. The van der Waals surface area contributed by atoms with Crippen LogP contribution < -0.4 is 0 Å². The lowest BCUT2D eigenvalue weighted by Gasteiger charge is -2.39. The number of hydrogen-bond acceptors (Lipinski definition) is 5. The summed E-state index contributed by atoms with van der Waals surface area (Å²) < 4.78 is 12.1. The average molecular weight is 361 g/mol. The highest BCUT2D eigenvalue weighted by Crippen LogP contribution is 2.24. The van der Waals surface area contributed by atoms with E-state index >= 15 is 0 Å². The molecule has 2 aliphatic rings. The van der Waals surface area contributed by atoms with Gasteiger partial charge in [-0.05, 0) is 19.1 Å². The third-order valence-corrected chi connectivity index (χ3v) is 4.91. The van der Waals surface area contributed by atoms with Gasteiger partial charge in [-0.3, -0.25) is 9.59 Å². The van der Waals surface area contributed by atoms with Crippen molar-refractivity contribution in [3.8, 4) is 0 Å². The van der Waals surface area contributed by atoms with E-state index in [1.54, 1.807) is 15.9 Å². The fourth-order valence-electron chi connectivity index (χ4n) is 3.52. The Balaban J connectivity index is 1.86. The first-order chi connectivity index (χ1) is 12.5. The van der Waals surface area contributed by atoms with Crippen molar-refractivity contribution in [3.05, 3.63) is 35.7 Å². The van der Waals surface area contributed by atoms with E-state index in [-0.39, 0.29) is 24.5 Å². The van der Waals surface area contributed by atoms with Crippen LogP contribution in [0.15, 0.2) is 18.7 Å². The van der Waals surface area contributed by atoms with E-state index in [0.29, 0.717) is 49.7 Å². The number of rotatable bonds is 3. The molecule has 0 bridgehead atoms. The summed E-state index contributed by atoms with van der Waals surface area (Å²) in [5, 5.41) is 0. The minimum atomic E-state index is -0.479. The van der Waals surface area contributed by atoms with Crippen LogP contribution in [0.25, 0.3) is 0 Å². The van der Waals surface area contributed by atoms with E-state index in [4.69, 9.17) is 9.47 Å². The smallest absolute Gasteiger partial charge is 0.339 e. The number of aromatic nitrogens is 1. The molecular weight excluding hydrogens is 338 g/mol. The Morgan fingerprint density at radius 1 is 1.31 bits per heavy atom. The van der Waals surface area contributed by atoms with Crippen LogP contribution in [0, 0.1) is 0 Å². The van der Waals surface area contributed by atoms with Gasteiger partial charge in [0.05, 0.1) is 31.6 Å². The summed E-state index contributed by atoms with van der Waals surface area (Å²) in [7, 11) is 1.31. The first-order valence-electron chi connectivity index (χ1n) is 8.58. The second kappa shape index (κ2) is 7.33. The Bertz CT molecular complexity index is 754. The fraction of sp³-hybridized carbons (Fsp3) is 0.500. The number of carbonyl (C=O) groups excluding carboxylic acids is 3. The molecule has 0 aliphatic carbocycles. The number of hydrogen-bond donors (Lipinski definition) is 0. The number of esters is 1. The van der Waals surface area contributed by atoms with Crippen molar-refractivity contribution in [1.82, 2.24) is 14.4 Å². The topological polar surface area (TPSA) is 81.1 Å². The Morgan fingerprint density at radius 2 is 2.08 bits per heavy atom. The molecule has 0 unspecified atom stereocenters. The molecule has 1 aromatic heterocycles. The highest BCUT2D eigenvalue weighted by Gasteiger charge is 2.33. The van der Waals surface area contributed by atoms with E-state index < -0.39 is 5.97 Å². The molecule has 0 radical (unpaired) electrons. The molecule has 0 N–H and O–H groups in total.